The van der Waals surface area contributed by atoms with Crippen molar-refractivity contribution in [3.05, 3.63) is 22.4 Å². The Balaban J connectivity index is 2.24. The second-order valence-corrected chi connectivity index (χ2v) is 4.41. The number of aliphatic hydroxyl groups excluding tert-OH is 1. The van der Waals surface area contributed by atoms with Gasteiger partial charge in [0.25, 0.3) is 0 Å². The molecule has 17 heavy (non-hydrogen) atoms. The average Bonchev–Trinajstić information content (AvgIpc) is 2.82. The van der Waals surface area contributed by atoms with Crippen molar-refractivity contribution < 1.29 is 14.7 Å². The van der Waals surface area contributed by atoms with Crippen LogP contribution in [0, 0.1) is 0 Å². The van der Waals surface area contributed by atoms with E-state index >= 15 is 0 Å². The van der Waals surface area contributed by atoms with Gasteiger partial charge < -0.3 is 15.7 Å². The van der Waals surface area contributed by atoms with Gasteiger partial charge in [0.1, 0.15) is 0 Å². The summed E-state index contributed by atoms with van der Waals surface area (Å²) in [5.74, 6) is -1.30. The lowest BCUT2D eigenvalue weighted by molar-refractivity contribution is -0.139. The summed E-state index contributed by atoms with van der Waals surface area (Å²) < 4.78 is 0. The maximum Gasteiger partial charge on any atom is 0.309 e. The summed E-state index contributed by atoms with van der Waals surface area (Å²) in [6, 6.07) is 3.69. The Kier molecular flexibility index (Phi) is 5.65. The summed E-state index contributed by atoms with van der Waals surface area (Å²) in [5, 5.41) is 16.5. The molecular weight excluding hydrogens is 240 g/mol. The normalized spacial score (nSPS) is 11.9. The molecule has 2 amide bonds. The molecule has 6 heteroatoms. The highest BCUT2D eigenvalue weighted by Gasteiger charge is 2.13. The molecule has 0 radical (unpaired) electrons. The third-order valence-electron chi connectivity index (χ3n) is 2.12. The second-order valence-electron chi connectivity index (χ2n) is 3.44. The fourth-order valence-corrected chi connectivity index (χ4v) is 2.01. The molecule has 5 nitrogen and oxygen atoms in total. The molecule has 0 aliphatic carbocycles. The first kappa shape index (κ1) is 13.7. The number of aliphatic hydroxyl groups is 1. The molecule has 0 aliphatic heterocycles. The Bertz CT molecular complexity index is 365. The zero-order valence-electron chi connectivity index (χ0n) is 9.60. The van der Waals surface area contributed by atoms with E-state index in [4.69, 9.17) is 0 Å². The van der Waals surface area contributed by atoms with Crippen LogP contribution in [-0.2, 0) is 9.59 Å². The van der Waals surface area contributed by atoms with Crippen LogP contribution in [0.25, 0.3) is 0 Å². The summed E-state index contributed by atoms with van der Waals surface area (Å²) in [6.45, 7) is 2.44. The van der Waals surface area contributed by atoms with E-state index in [0.717, 1.165) is 4.88 Å². The Labute approximate surface area is 104 Å². The molecule has 1 atom stereocenters. The van der Waals surface area contributed by atoms with E-state index in [9.17, 15) is 14.7 Å². The lowest BCUT2D eigenvalue weighted by Gasteiger charge is -2.09. The van der Waals surface area contributed by atoms with Gasteiger partial charge in [-0.05, 0) is 24.8 Å². The van der Waals surface area contributed by atoms with E-state index in [0.29, 0.717) is 13.0 Å². The van der Waals surface area contributed by atoms with E-state index in [1.807, 2.05) is 17.5 Å². The van der Waals surface area contributed by atoms with Gasteiger partial charge in [-0.25, -0.2) is 0 Å². The van der Waals surface area contributed by atoms with Crippen LogP contribution in [0.2, 0.25) is 0 Å². The number of carbonyl (C=O) groups excluding carboxylic acids is 2. The van der Waals surface area contributed by atoms with Crippen LogP contribution in [0.1, 0.15) is 24.3 Å². The van der Waals surface area contributed by atoms with Gasteiger partial charge in [0.05, 0.1) is 6.10 Å². The first-order chi connectivity index (χ1) is 8.15. The molecule has 0 spiro atoms. The van der Waals surface area contributed by atoms with Crippen LogP contribution < -0.4 is 10.6 Å². The van der Waals surface area contributed by atoms with Crippen molar-refractivity contribution in [3.8, 4) is 0 Å². The molecule has 3 N–H and O–H groups in total. The monoisotopic (exact) mass is 256 g/mol. The van der Waals surface area contributed by atoms with Crippen molar-refractivity contribution in [2.75, 3.05) is 13.1 Å². The maximum absolute atomic E-state index is 11.2. The summed E-state index contributed by atoms with van der Waals surface area (Å²) in [6.07, 6.45) is -0.199. The summed E-state index contributed by atoms with van der Waals surface area (Å²) >= 11 is 1.46. The fourth-order valence-electron chi connectivity index (χ4n) is 1.27. The lowest BCUT2D eigenvalue weighted by atomic mass is 10.2. The third kappa shape index (κ3) is 4.54. The Morgan fingerprint density at radius 3 is 2.71 bits per heavy atom. The van der Waals surface area contributed by atoms with Crippen molar-refractivity contribution in [2.45, 2.75) is 19.4 Å². The zero-order valence-corrected chi connectivity index (χ0v) is 10.4. The van der Waals surface area contributed by atoms with Crippen molar-refractivity contribution in [2.24, 2.45) is 0 Å². The minimum absolute atomic E-state index is 0.273. The van der Waals surface area contributed by atoms with Gasteiger partial charge in [0.2, 0.25) is 0 Å². The highest BCUT2D eigenvalue weighted by Crippen LogP contribution is 2.20. The summed E-state index contributed by atoms with van der Waals surface area (Å²) in [5.41, 5.74) is 0. The topological polar surface area (TPSA) is 78.4 Å². The van der Waals surface area contributed by atoms with Crippen LogP contribution in [0.3, 0.4) is 0 Å². The predicted octanol–water partition coefficient (Wildman–Crippen LogP) is 0.424. The van der Waals surface area contributed by atoms with Crippen LogP contribution in [0.5, 0.6) is 0 Å². The van der Waals surface area contributed by atoms with Crippen LogP contribution >= 0.6 is 11.3 Å². The highest BCUT2D eigenvalue weighted by molar-refractivity contribution is 7.10. The summed E-state index contributed by atoms with van der Waals surface area (Å²) in [4.78, 5) is 23.1. The third-order valence-corrected chi connectivity index (χ3v) is 3.09. The van der Waals surface area contributed by atoms with E-state index in [-0.39, 0.29) is 6.54 Å². The Hall–Kier alpha value is -1.40. The standard InChI is InChI=1S/C11H16N2O3S/c1-2-12-10(15)11(16)13-6-5-8(14)9-4-3-7-17-9/h3-4,7-8,14H,2,5-6H2,1H3,(H,12,15)(H,13,16). The van der Waals surface area contributed by atoms with E-state index in [1.165, 1.54) is 11.3 Å². The Morgan fingerprint density at radius 2 is 2.12 bits per heavy atom. The van der Waals surface area contributed by atoms with Gasteiger partial charge in [-0.3, -0.25) is 9.59 Å². The number of rotatable bonds is 5. The summed E-state index contributed by atoms with van der Waals surface area (Å²) in [7, 11) is 0. The number of carbonyl (C=O) groups is 2. The molecule has 0 saturated heterocycles. The van der Waals surface area contributed by atoms with Gasteiger partial charge >= 0.3 is 11.8 Å². The molecule has 1 heterocycles. The van der Waals surface area contributed by atoms with Crippen molar-refractivity contribution in [1.29, 1.82) is 0 Å². The van der Waals surface area contributed by atoms with E-state index < -0.39 is 17.9 Å². The number of likely N-dealkylation sites (N-methyl/N-ethyl adjacent to an activating group) is 1. The zero-order chi connectivity index (χ0) is 12.7. The van der Waals surface area contributed by atoms with Crippen LogP contribution in [0.15, 0.2) is 17.5 Å². The molecule has 94 valence electrons. The lowest BCUT2D eigenvalue weighted by Crippen LogP contribution is -2.40. The van der Waals surface area contributed by atoms with Crippen molar-refractivity contribution in [3.63, 3.8) is 0 Å². The minimum Gasteiger partial charge on any atom is -0.388 e. The van der Waals surface area contributed by atoms with Gasteiger partial charge in [-0.1, -0.05) is 6.07 Å². The molecule has 1 aromatic rings. The smallest absolute Gasteiger partial charge is 0.309 e. The van der Waals surface area contributed by atoms with Crippen LogP contribution in [-0.4, -0.2) is 30.0 Å². The molecule has 0 aliphatic rings. The molecule has 0 saturated carbocycles. The highest BCUT2D eigenvalue weighted by atomic mass is 32.1. The first-order valence-corrected chi connectivity index (χ1v) is 6.30. The SMILES string of the molecule is CCNC(=O)C(=O)NCCC(O)c1cccs1. The molecule has 1 aromatic heterocycles. The maximum atomic E-state index is 11.2. The minimum atomic E-state index is -0.662. The van der Waals surface area contributed by atoms with Crippen LogP contribution in [0.4, 0.5) is 0 Å². The fraction of sp³-hybridized carbons (Fsp3) is 0.455. The number of nitrogens with one attached hydrogen (secondary N) is 2. The quantitative estimate of drug-likeness (QED) is 0.668. The average molecular weight is 256 g/mol. The van der Waals surface area contributed by atoms with Gasteiger partial charge in [-0.2, -0.15) is 0 Å². The van der Waals surface area contributed by atoms with Gasteiger partial charge in [-0.15, -0.1) is 11.3 Å². The molecule has 1 unspecified atom stereocenters. The predicted molar refractivity (Wildman–Crippen MR) is 65.6 cm³/mol. The first-order valence-electron chi connectivity index (χ1n) is 5.42. The van der Waals surface area contributed by atoms with E-state index in [2.05, 4.69) is 10.6 Å². The Morgan fingerprint density at radius 1 is 1.41 bits per heavy atom. The van der Waals surface area contributed by atoms with Crippen molar-refractivity contribution in [1.82, 2.24) is 10.6 Å². The van der Waals surface area contributed by atoms with Gasteiger partial charge in [0.15, 0.2) is 0 Å². The number of thiophene rings is 1. The van der Waals surface area contributed by atoms with Crippen molar-refractivity contribution >= 4 is 23.2 Å². The molecule has 0 bridgehead atoms. The van der Waals surface area contributed by atoms with Gasteiger partial charge in [0, 0.05) is 18.0 Å². The molecule has 0 aromatic carbocycles. The molecule has 0 fully saturated rings. The number of hydrogen-bond donors (Lipinski definition) is 3. The molecular formula is C11H16N2O3S. The largest absolute Gasteiger partial charge is 0.388 e. The van der Waals surface area contributed by atoms with E-state index in [1.54, 1.807) is 6.92 Å². The second kappa shape index (κ2) is 7.03. The molecule has 1 rings (SSSR count). The number of hydrogen-bond acceptors (Lipinski definition) is 4. The number of amides is 2.